The van der Waals surface area contributed by atoms with E-state index < -0.39 is 42.0 Å². The Balaban J connectivity index is 0.877. The molecular weight excluding hydrogens is 865 g/mol. The number of nitrogens with one attached hydrogen (secondary N) is 3. The van der Waals surface area contributed by atoms with Gasteiger partial charge in [-0.25, -0.2) is 14.6 Å². The van der Waals surface area contributed by atoms with Crippen LogP contribution in [0.25, 0.3) is 33.5 Å². The van der Waals surface area contributed by atoms with Crippen LogP contribution in [0.5, 0.6) is 0 Å². The third-order valence-corrected chi connectivity index (χ3v) is 14.6. The summed E-state index contributed by atoms with van der Waals surface area (Å²) in [6.45, 7) is 8.31. The van der Waals surface area contributed by atoms with E-state index in [1.807, 2.05) is 56.9 Å². The lowest BCUT2D eigenvalue weighted by Crippen LogP contribution is -2.57. The Kier molecular flexibility index (Phi) is 11.2. The Morgan fingerprint density at radius 3 is 2.09 bits per heavy atom. The highest BCUT2D eigenvalue weighted by Gasteiger charge is 2.54. The minimum absolute atomic E-state index is 0.0766. The average Bonchev–Trinajstić information content (AvgIpc) is 4.20. The molecule has 4 fully saturated rings. The molecule has 0 unspecified atom stereocenters. The quantitative estimate of drug-likeness (QED) is 0.144. The predicted octanol–water partition coefficient (Wildman–Crippen LogP) is 7.65. The highest BCUT2D eigenvalue weighted by atomic mass is 19.3. The fraction of sp³-hybridized carbons (Fsp3) is 0.480. The van der Waals surface area contributed by atoms with Gasteiger partial charge in [-0.2, -0.15) is 8.78 Å². The Morgan fingerprint density at radius 1 is 0.821 bits per heavy atom. The number of carbonyl (C=O) groups excluding carboxylic acids is 4. The van der Waals surface area contributed by atoms with Crippen LogP contribution in [0, 0.1) is 17.8 Å². The molecule has 2 aliphatic carbocycles. The molecule has 10 rings (SSSR count). The van der Waals surface area contributed by atoms with Crippen molar-refractivity contribution in [1.29, 1.82) is 0 Å². The summed E-state index contributed by atoms with van der Waals surface area (Å²) in [7, 11) is 2.52. The van der Waals surface area contributed by atoms with E-state index in [2.05, 4.69) is 20.6 Å². The zero-order valence-corrected chi connectivity index (χ0v) is 38.4. The molecule has 3 N–H and O–H groups in total. The summed E-state index contributed by atoms with van der Waals surface area (Å²) in [4.78, 5) is 69.2. The van der Waals surface area contributed by atoms with E-state index in [9.17, 15) is 19.2 Å². The lowest BCUT2D eigenvalue weighted by molar-refractivity contribution is -0.153. The maximum Gasteiger partial charge on any atom is 0.407 e. The number of nitrogens with zero attached hydrogens (tertiary/aromatic N) is 4. The molecule has 17 heteroatoms. The van der Waals surface area contributed by atoms with Gasteiger partial charge in [0.25, 0.3) is 5.92 Å². The number of piperidine rings is 1. The first-order chi connectivity index (χ1) is 32.1. The average molecular weight is 920 g/mol. The molecule has 1 saturated carbocycles. The van der Waals surface area contributed by atoms with Crippen molar-refractivity contribution in [3.63, 3.8) is 0 Å². The van der Waals surface area contributed by atoms with Crippen LogP contribution in [0.2, 0.25) is 0 Å². The first-order valence-electron chi connectivity index (χ1n) is 23.1. The van der Waals surface area contributed by atoms with Gasteiger partial charge in [0.05, 0.1) is 63.6 Å². The van der Waals surface area contributed by atoms with Gasteiger partial charge in [-0.3, -0.25) is 14.6 Å². The molecule has 352 valence electrons. The number of hydrogen-bond donors (Lipinski definition) is 3. The number of methoxy groups -OCH3 is 2. The number of fused-ring (bicyclic) bond motifs is 6. The first-order valence-corrected chi connectivity index (χ1v) is 23.1. The lowest BCUT2D eigenvalue weighted by Gasteiger charge is -2.38. The van der Waals surface area contributed by atoms with Gasteiger partial charge in [-0.05, 0) is 89.1 Å². The van der Waals surface area contributed by atoms with E-state index in [1.165, 1.54) is 20.3 Å². The molecule has 67 heavy (non-hydrogen) atoms. The van der Waals surface area contributed by atoms with Gasteiger partial charge in [-0.15, -0.1) is 0 Å². The lowest BCUT2D eigenvalue weighted by atomic mass is 9.90. The molecule has 2 bridgehead atoms. The van der Waals surface area contributed by atoms with Gasteiger partial charge in [0.15, 0.2) is 5.79 Å². The molecule has 6 aliphatic rings. The summed E-state index contributed by atoms with van der Waals surface area (Å²) in [5.41, 5.74) is 5.80. The van der Waals surface area contributed by atoms with Crippen LogP contribution < -0.4 is 10.6 Å². The van der Waals surface area contributed by atoms with Crippen LogP contribution in [-0.4, -0.2) is 113 Å². The predicted molar refractivity (Wildman–Crippen MR) is 242 cm³/mol. The SMILES string of the molecule is COC(=O)N[C@H](C(=O)N1CC2(C[C@H]1c1ncc(-c3ccc4c(c3)C(F)(F)c3cc(-c5ccc6c(c5)CC([C@@H]5[C@@H]7CC[C@H](C7)N5C(=O)[C@@H](NC(=O)OC)C(C)C)=N6)ccc3-4)[nH]1)OCCO2)C(C)C. The molecule has 1 aromatic heterocycles. The third kappa shape index (κ3) is 7.63. The highest BCUT2D eigenvalue weighted by Crippen LogP contribution is 2.53. The number of aromatic amines is 1. The van der Waals surface area contributed by atoms with Crippen LogP contribution in [-0.2, 0) is 40.9 Å². The second kappa shape index (κ2) is 16.8. The fourth-order valence-electron chi connectivity index (χ4n) is 11.3. The summed E-state index contributed by atoms with van der Waals surface area (Å²) >= 11 is 0. The number of ether oxygens (including phenoxy) is 4. The smallest absolute Gasteiger partial charge is 0.407 e. The van der Waals surface area contributed by atoms with E-state index in [4.69, 9.17) is 23.9 Å². The molecule has 3 saturated heterocycles. The number of benzene rings is 3. The normalized spacial score (nSPS) is 23.6. The first kappa shape index (κ1) is 44.6. The van der Waals surface area contributed by atoms with Gasteiger partial charge in [0.1, 0.15) is 17.9 Å². The summed E-state index contributed by atoms with van der Waals surface area (Å²) in [5, 5.41) is 5.40. The Bertz CT molecular complexity index is 2690. The standard InChI is InChI=1S/C50H55F2N7O8/c1-25(2)41(56-47(62)64-5)45(60)58-24-49(66-15-16-67-49)22-40(58)44-53-23-39(55-44)29-9-13-34-33-12-8-28(19-35(33)50(51,52)36(34)20-29)27-10-14-37-31(17-27)21-38(54-37)43-30-7-11-32(18-30)59(43)46(61)42(26(3)4)57-48(63)65-6/h8-10,12-14,17,19-20,23,25-26,30,32,40-43H,7,11,15-16,18,21-22,24H2,1-6H3,(H,53,55)(H,56,62)(H,57,63)/t30-,32-,40+,41+,42+,43+/m1/s1. The van der Waals surface area contributed by atoms with Crippen molar-refractivity contribution in [3.8, 4) is 33.5 Å². The summed E-state index contributed by atoms with van der Waals surface area (Å²) in [6, 6.07) is 13.7. The number of halogens is 2. The van der Waals surface area contributed by atoms with E-state index in [0.29, 0.717) is 53.4 Å². The van der Waals surface area contributed by atoms with Crippen LogP contribution >= 0.6 is 0 Å². The van der Waals surface area contributed by atoms with Crippen LogP contribution in [0.15, 0.2) is 65.8 Å². The zero-order chi connectivity index (χ0) is 47.1. The molecule has 0 radical (unpaired) electrons. The molecule has 4 aliphatic heterocycles. The fourth-order valence-corrected chi connectivity index (χ4v) is 11.3. The Hall–Kier alpha value is -6.20. The maximum absolute atomic E-state index is 16.7. The summed E-state index contributed by atoms with van der Waals surface area (Å²) < 4.78 is 55.1. The van der Waals surface area contributed by atoms with Gasteiger partial charge >= 0.3 is 12.2 Å². The minimum Gasteiger partial charge on any atom is -0.453 e. The van der Waals surface area contributed by atoms with E-state index in [1.54, 1.807) is 35.4 Å². The molecule has 6 atom stereocenters. The summed E-state index contributed by atoms with van der Waals surface area (Å²) in [5.74, 6) is -4.54. The Morgan fingerprint density at radius 2 is 1.43 bits per heavy atom. The number of alkyl carbamates (subject to hydrolysis) is 2. The topological polar surface area (TPSA) is 177 Å². The third-order valence-electron chi connectivity index (χ3n) is 14.6. The van der Waals surface area contributed by atoms with Gasteiger partial charge < -0.3 is 44.4 Å². The molecule has 15 nitrogen and oxygen atoms in total. The van der Waals surface area contributed by atoms with Gasteiger partial charge in [-0.1, -0.05) is 58.0 Å². The summed E-state index contributed by atoms with van der Waals surface area (Å²) in [6.07, 6.45) is 3.82. The number of aromatic nitrogens is 2. The minimum atomic E-state index is -3.31. The van der Waals surface area contributed by atoms with E-state index >= 15 is 8.78 Å². The highest BCUT2D eigenvalue weighted by molar-refractivity contribution is 6.02. The van der Waals surface area contributed by atoms with Crippen molar-refractivity contribution in [2.75, 3.05) is 34.0 Å². The number of hydrogen-bond acceptors (Lipinski definition) is 10. The second-order valence-electron chi connectivity index (χ2n) is 19.3. The van der Waals surface area contributed by atoms with Crippen molar-refractivity contribution in [2.24, 2.45) is 22.7 Å². The number of imidazole rings is 1. The molecular formula is C50H55F2N7O8. The van der Waals surface area contributed by atoms with Gasteiger partial charge in [0.2, 0.25) is 11.8 Å². The van der Waals surface area contributed by atoms with Crippen LogP contribution in [0.1, 0.15) is 81.9 Å². The Labute approximate surface area is 387 Å². The number of rotatable bonds is 10. The molecule has 1 spiro atoms. The van der Waals surface area contributed by atoms with Crippen molar-refractivity contribution in [3.05, 3.63) is 83.3 Å². The molecule has 5 heterocycles. The van der Waals surface area contributed by atoms with Crippen LogP contribution in [0.3, 0.4) is 0 Å². The zero-order valence-electron chi connectivity index (χ0n) is 38.4. The maximum atomic E-state index is 16.7. The van der Waals surface area contributed by atoms with E-state index in [-0.39, 0.29) is 65.7 Å². The van der Waals surface area contributed by atoms with E-state index in [0.717, 1.165) is 41.8 Å². The molecule has 4 amide bonds. The van der Waals surface area contributed by atoms with Crippen molar-refractivity contribution in [2.45, 2.75) is 102 Å². The monoisotopic (exact) mass is 919 g/mol. The van der Waals surface area contributed by atoms with Crippen LogP contribution in [0.4, 0.5) is 24.1 Å². The number of H-pyrrole nitrogens is 1. The van der Waals surface area contributed by atoms with Crippen molar-refractivity contribution < 1.29 is 46.9 Å². The number of aliphatic imine (C=N–C) groups is 1. The second-order valence-corrected chi connectivity index (χ2v) is 19.3. The number of carbonyl (C=O) groups is 4. The largest absolute Gasteiger partial charge is 0.453 e. The van der Waals surface area contributed by atoms with Crippen molar-refractivity contribution >= 4 is 35.4 Å². The van der Waals surface area contributed by atoms with Gasteiger partial charge in [0, 0.05) is 41.3 Å². The molecule has 3 aromatic carbocycles. The number of alkyl halides is 2. The number of amides is 4. The van der Waals surface area contributed by atoms with Crippen molar-refractivity contribution in [1.82, 2.24) is 30.4 Å². The molecule has 4 aromatic rings. The number of likely N-dealkylation sites (tertiary alicyclic amines) is 2.